The van der Waals surface area contributed by atoms with Crippen LogP contribution in [0.25, 0.3) is 4.96 Å². The van der Waals surface area contributed by atoms with Gasteiger partial charge in [0.2, 0.25) is 0 Å². The van der Waals surface area contributed by atoms with Crippen LogP contribution in [0.2, 0.25) is 0 Å². The topological polar surface area (TPSA) is 63.5 Å². The Bertz CT molecular complexity index is 1150. The van der Waals surface area contributed by atoms with Crippen molar-refractivity contribution in [2.45, 2.75) is 39.0 Å². The van der Waals surface area contributed by atoms with E-state index in [9.17, 15) is 18.4 Å². The molecule has 0 unspecified atom stereocenters. The fourth-order valence-electron chi connectivity index (χ4n) is 3.45. The second kappa shape index (κ2) is 7.09. The second-order valence-electron chi connectivity index (χ2n) is 6.99. The maximum Gasteiger partial charge on any atom is 0.269 e. The van der Waals surface area contributed by atoms with Gasteiger partial charge in [-0.15, -0.1) is 11.3 Å². The highest BCUT2D eigenvalue weighted by Crippen LogP contribution is 2.42. The van der Waals surface area contributed by atoms with E-state index in [1.165, 1.54) is 33.9 Å². The maximum absolute atomic E-state index is 13.8. The van der Waals surface area contributed by atoms with Crippen molar-refractivity contribution in [2.24, 2.45) is 0 Å². The van der Waals surface area contributed by atoms with E-state index in [1.54, 1.807) is 13.8 Å². The Balaban J connectivity index is 1.77. The lowest BCUT2D eigenvalue weighted by Gasteiger charge is -2.10. The summed E-state index contributed by atoms with van der Waals surface area (Å²) >= 11 is 1.26. The van der Waals surface area contributed by atoms with E-state index < -0.39 is 11.6 Å². The van der Waals surface area contributed by atoms with Crippen LogP contribution in [-0.2, 0) is 6.42 Å². The van der Waals surface area contributed by atoms with Crippen molar-refractivity contribution in [1.29, 1.82) is 0 Å². The zero-order valence-corrected chi connectivity index (χ0v) is 16.3. The van der Waals surface area contributed by atoms with E-state index in [4.69, 9.17) is 0 Å². The number of rotatable bonds is 5. The highest BCUT2D eigenvalue weighted by atomic mass is 32.1. The van der Waals surface area contributed by atoms with Crippen LogP contribution in [0.4, 0.5) is 8.78 Å². The number of amides is 1. The van der Waals surface area contributed by atoms with Crippen LogP contribution in [0.3, 0.4) is 0 Å². The standard InChI is InChI=1S/C20H19F2N3O2S/c1-3-23-19(27)18-10(2)28-20-24-13(8-17(26)25(18)20)6-12-7-15(21)16(22)9-14(12)11-4-5-11/h7-9,11H,3-6H2,1-2H3,(H,23,27). The van der Waals surface area contributed by atoms with Gasteiger partial charge in [0.05, 0.1) is 5.69 Å². The number of nitrogens with zero attached hydrogens (tertiary/aromatic N) is 2. The molecule has 0 bridgehead atoms. The quantitative estimate of drug-likeness (QED) is 0.709. The summed E-state index contributed by atoms with van der Waals surface area (Å²) in [4.78, 5) is 30.6. The molecule has 146 valence electrons. The summed E-state index contributed by atoms with van der Waals surface area (Å²) < 4.78 is 28.8. The predicted molar refractivity (Wildman–Crippen MR) is 103 cm³/mol. The van der Waals surface area contributed by atoms with Crippen molar-refractivity contribution < 1.29 is 13.6 Å². The SMILES string of the molecule is CCNC(=O)c1c(C)sc2nc(Cc3cc(F)c(F)cc3C3CC3)cc(=O)n12. The van der Waals surface area contributed by atoms with Crippen molar-refractivity contribution in [3.63, 3.8) is 0 Å². The highest BCUT2D eigenvalue weighted by Gasteiger charge is 2.28. The third kappa shape index (κ3) is 3.32. The Labute approximate surface area is 164 Å². The largest absolute Gasteiger partial charge is 0.351 e. The molecule has 0 saturated heterocycles. The number of halogens is 2. The fraction of sp³-hybridized carbons (Fsp3) is 0.350. The number of aromatic nitrogens is 2. The van der Waals surface area contributed by atoms with Crippen molar-refractivity contribution in [3.05, 3.63) is 67.6 Å². The van der Waals surface area contributed by atoms with Crippen LogP contribution in [-0.4, -0.2) is 21.8 Å². The first-order valence-electron chi connectivity index (χ1n) is 9.17. The average Bonchev–Trinajstić information content (AvgIpc) is 3.40. The molecule has 0 radical (unpaired) electrons. The van der Waals surface area contributed by atoms with Gasteiger partial charge in [-0.3, -0.25) is 9.59 Å². The van der Waals surface area contributed by atoms with Gasteiger partial charge in [0.1, 0.15) is 5.69 Å². The lowest BCUT2D eigenvalue weighted by atomic mass is 9.98. The maximum atomic E-state index is 13.8. The van der Waals surface area contributed by atoms with Crippen molar-refractivity contribution in [2.75, 3.05) is 6.54 Å². The Kier molecular flexibility index (Phi) is 4.74. The van der Waals surface area contributed by atoms with E-state index in [2.05, 4.69) is 10.3 Å². The number of carbonyl (C=O) groups is 1. The molecule has 0 atom stereocenters. The van der Waals surface area contributed by atoms with E-state index in [0.29, 0.717) is 27.6 Å². The number of aryl methyl sites for hydroxylation is 1. The minimum Gasteiger partial charge on any atom is -0.351 e. The molecule has 4 rings (SSSR count). The smallest absolute Gasteiger partial charge is 0.269 e. The van der Waals surface area contributed by atoms with Gasteiger partial charge in [-0.25, -0.2) is 18.2 Å². The fourth-order valence-corrected chi connectivity index (χ4v) is 4.44. The molecule has 1 aromatic carbocycles. The van der Waals surface area contributed by atoms with Crippen LogP contribution in [0.15, 0.2) is 23.0 Å². The van der Waals surface area contributed by atoms with Crippen molar-refractivity contribution in [1.82, 2.24) is 14.7 Å². The van der Waals surface area contributed by atoms with Gasteiger partial charge in [0.15, 0.2) is 16.6 Å². The van der Waals surface area contributed by atoms with Crippen LogP contribution < -0.4 is 10.9 Å². The van der Waals surface area contributed by atoms with Gasteiger partial charge in [0.25, 0.3) is 11.5 Å². The third-order valence-corrected chi connectivity index (χ3v) is 5.82. The van der Waals surface area contributed by atoms with Gasteiger partial charge >= 0.3 is 0 Å². The molecular weight excluding hydrogens is 384 g/mol. The first-order chi connectivity index (χ1) is 13.4. The Morgan fingerprint density at radius 3 is 2.68 bits per heavy atom. The lowest BCUT2D eigenvalue weighted by Crippen LogP contribution is -2.28. The number of benzene rings is 1. The third-order valence-electron chi connectivity index (χ3n) is 4.87. The molecule has 5 nitrogen and oxygen atoms in total. The molecule has 28 heavy (non-hydrogen) atoms. The molecule has 1 aliphatic carbocycles. The summed E-state index contributed by atoms with van der Waals surface area (Å²) in [6, 6.07) is 3.82. The van der Waals surface area contributed by atoms with Gasteiger partial charge < -0.3 is 5.32 Å². The molecule has 8 heteroatoms. The summed E-state index contributed by atoms with van der Waals surface area (Å²) in [5, 5.41) is 2.70. The average molecular weight is 403 g/mol. The van der Waals surface area contributed by atoms with Crippen LogP contribution in [0.1, 0.15) is 57.9 Å². The monoisotopic (exact) mass is 403 g/mol. The summed E-state index contributed by atoms with van der Waals surface area (Å²) in [5.41, 5.74) is 1.83. The summed E-state index contributed by atoms with van der Waals surface area (Å²) in [6.07, 6.45) is 2.14. The minimum absolute atomic E-state index is 0.238. The van der Waals surface area contributed by atoms with Gasteiger partial charge in [-0.05, 0) is 55.9 Å². The van der Waals surface area contributed by atoms with Gasteiger partial charge in [-0.2, -0.15) is 0 Å². The zero-order chi connectivity index (χ0) is 20.0. The molecule has 1 saturated carbocycles. The zero-order valence-electron chi connectivity index (χ0n) is 15.5. The number of nitrogens with one attached hydrogen (secondary N) is 1. The Morgan fingerprint density at radius 2 is 2.00 bits per heavy atom. The first kappa shape index (κ1) is 18.7. The molecule has 0 spiro atoms. The van der Waals surface area contributed by atoms with Crippen LogP contribution in [0, 0.1) is 18.6 Å². The summed E-state index contributed by atoms with van der Waals surface area (Å²) in [6.45, 7) is 4.03. The molecular formula is C20H19F2N3O2S. The Hall–Kier alpha value is -2.61. The number of carbonyl (C=O) groups excluding carboxylic acids is 1. The molecule has 0 aliphatic heterocycles. The van der Waals surface area contributed by atoms with E-state index in [1.807, 2.05) is 0 Å². The van der Waals surface area contributed by atoms with Crippen LogP contribution in [0.5, 0.6) is 0 Å². The molecule has 3 aromatic rings. The van der Waals surface area contributed by atoms with Crippen molar-refractivity contribution in [3.8, 4) is 0 Å². The predicted octanol–water partition coefficient (Wildman–Crippen LogP) is 3.56. The first-order valence-corrected chi connectivity index (χ1v) is 9.98. The normalized spacial score (nSPS) is 13.9. The molecule has 2 aromatic heterocycles. The minimum atomic E-state index is -0.900. The van der Waals surface area contributed by atoms with E-state index >= 15 is 0 Å². The molecule has 1 fully saturated rings. The molecule has 1 amide bonds. The van der Waals surface area contributed by atoms with Crippen LogP contribution >= 0.6 is 11.3 Å². The van der Waals surface area contributed by atoms with Gasteiger partial charge in [-0.1, -0.05) is 0 Å². The lowest BCUT2D eigenvalue weighted by molar-refractivity contribution is 0.0949. The van der Waals surface area contributed by atoms with E-state index in [-0.39, 0.29) is 29.5 Å². The number of fused-ring (bicyclic) bond motifs is 1. The van der Waals surface area contributed by atoms with E-state index in [0.717, 1.165) is 18.4 Å². The molecule has 2 heterocycles. The van der Waals surface area contributed by atoms with Gasteiger partial charge in [0, 0.05) is 23.9 Å². The Morgan fingerprint density at radius 1 is 1.29 bits per heavy atom. The molecule has 1 N–H and O–H groups in total. The summed E-state index contributed by atoms with van der Waals surface area (Å²) in [7, 11) is 0. The number of hydrogen-bond acceptors (Lipinski definition) is 4. The number of hydrogen-bond donors (Lipinski definition) is 1. The number of thiazole rings is 1. The summed E-state index contributed by atoms with van der Waals surface area (Å²) in [5.74, 6) is -1.83. The van der Waals surface area contributed by atoms with Crippen molar-refractivity contribution >= 4 is 22.2 Å². The molecule has 1 aliphatic rings. The second-order valence-corrected chi connectivity index (χ2v) is 8.17. The highest BCUT2D eigenvalue weighted by molar-refractivity contribution is 7.17.